The van der Waals surface area contributed by atoms with Crippen molar-refractivity contribution in [1.29, 1.82) is 0 Å². The summed E-state index contributed by atoms with van der Waals surface area (Å²) in [5, 5.41) is 0. The quantitative estimate of drug-likeness (QED) is 0.596. The summed E-state index contributed by atoms with van der Waals surface area (Å²) in [5.41, 5.74) is 1.36. The van der Waals surface area contributed by atoms with E-state index in [1.807, 2.05) is 0 Å². The van der Waals surface area contributed by atoms with Crippen LogP contribution in [0, 0.1) is 11.8 Å². The largest absolute Gasteiger partial charge is 0.299 e. The molecule has 0 heterocycles. The van der Waals surface area contributed by atoms with Crippen LogP contribution >= 0.6 is 0 Å². The van der Waals surface area contributed by atoms with Gasteiger partial charge in [0.25, 0.3) is 0 Å². The second kappa shape index (κ2) is 4.59. The first-order chi connectivity index (χ1) is 6.16. The van der Waals surface area contributed by atoms with Crippen LogP contribution < -0.4 is 0 Å². The van der Waals surface area contributed by atoms with E-state index < -0.39 is 0 Å². The number of carbonyl (C=O) groups is 1. The lowest BCUT2D eigenvalue weighted by Crippen LogP contribution is -2.25. The Morgan fingerprint density at radius 2 is 2.23 bits per heavy atom. The second-order valence-electron chi connectivity index (χ2n) is 4.14. The maximum atomic E-state index is 11.6. The molecule has 0 spiro atoms. The van der Waals surface area contributed by atoms with Gasteiger partial charge in [-0.25, -0.2) is 0 Å². The van der Waals surface area contributed by atoms with Gasteiger partial charge in [-0.05, 0) is 32.6 Å². The summed E-state index contributed by atoms with van der Waals surface area (Å²) in [6.45, 7) is 6.37. The molecule has 1 aliphatic carbocycles. The van der Waals surface area contributed by atoms with E-state index in [1.54, 1.807) is 0 Å². The number of hydrogen-bond acceptors (Lipinski definition) is 1. The van der Waals surface area contributed by atoms with Crippen LogP contribution in [-0.2, 0) is 4.79 Å². The highest BCUT2D eigenvalue weighted by molar-refractivity contribution is 5.82. The molecule has 1 rings (SSSR count). The third-order valence-electron chi connectivity index (χ3n) is 3.38. The van der Waals surface area contributed by atoms with Crippen LogP contribution in [0.2, 0.25) is 0 Å². The van der Waals surface area contributed by atoms with Crippen LogP contribution in [0.1, 0.15) is 46.5 Å². The van der Waals surface area contributed by atoms with Gasteiger partial charge in [0, 0.05) is 12.3 Å². The monoisotopic (exact) mass is 180 g/mol. The van der Waals surface area contributed by atoms with Crippen molar-refractivity contribution in [3.05, 3.63) is 11.6 Å². The van der Waals surface area contributed by atoms with Crippen molar-refractivity contribution < 1.29 is 4.79 Å². The van der Waals surface area contributed by atoms with Gasteiger partial charge in [-0.1, -0.05) is 25.0 Å². The van der Waals surface area contributed by atoms with Gasteiger partial charge in [-0.15, -0.1) is 0 Å². The molecule has 0 saturated heterocycles. The van der Waals surface area contributed by atoms with E-state index in [-0.39, 0.29) is 0 Å². The molecule has 0 bridgehead atoms. The molecule has 2 unspecified atom stereocenters. The maximum absolute atomic E-state index is 11.6. The Hall–Kier alpha value is -0.590. The van der Waals surface area contributed by atoms with Crippen LogP contribution in [-0.4, -0.2) is 5.78 Å². The highest BCUT2D eigenvalue weighted by Gasteiger charge is 2.27. The summed E-state index contributed by atoms with van der Waals surface area (Å²) < 4.78 is 0. The Morgan fingerprint density at radius 1 is 1.54 bits per heavy atom. The molecule has 1 heteroatoms. The number of ketones is 1. The average Bonchev–Trinajstić information content (AvgIpc) is 2.16. The smallest absolute Gasteiger partial charge is 0.136 e. The number of carbonyl (C=O) groups excluding carboxylic acids is 1. The van der Waals surface area contributed by atoms with Gasteiger partial charge < -0.3 is 0 Å². The van der Waals surface area contributed by atoms with Gasteiger partial charge in [0.05, 0.1) is 0 Å². The topological polar surface area (TPSA) is 17.1 Å². The minimum Gasteiger partial charge on any atom is -0.299 e. The number of hydrogen-bond donors (Lipinski definition) is 0. The summed E-state index contributed by atoms with van der Waals surface area (Å²) in [5.74, 6) is 1.25. The second-order valence-corrected chi connectivity index (χ2v) is 4.14. The zero-order valence-electron chi connectivity index (χ0n) is 8.97. The molecule has 1 nitrogen and oxygen atoms in total. The lowest BCUT2D eigenvalue weighted by atomic mass is 9.77. The van der Waals surface area contributed by atoms with E-state index in [4.69, 9.17) is 0 Å². The minimum absolute atomic E-state index is 0.310. The Morgan fingerprint density at radius 3 is 2.77 bits per heavy atom. The molecular formula is C12H20O. The molecule has 0 amide bonds. The average molecular weight is 180 g/mol. The van der Waals surface area contributed by atoms with Crippen molar-refractivity contribution in [2.24, 2.45) is 11.8 Å². The summed E-state index contributed by atoms with van der Waals surface area (Å²) in [4.78, 5) is 11.6. The van der Waals surface area contributed by atoms with E-state index >= 15 is 0 Å². The van der Waals surface area contributed by atoms with E-state index in [0.717, 1.165) is 19.3 Å². The minimum atomic E-state index is 0.310. The third kappa shape index (κ3) is 2.43. The highest BCUT2D eigenvalue weighted by Crippen LogP contribution is 2.30. The fourth-order valence-electron chi connectivity index (χ4n) is 2.12. The molecule has 1 aliphatic rings. The van der Waals surface area contributed by atoms with Gasteiger partial charge >= 0.3 is 0 Å². The van der Waals surface area contributed by atoms with Crippen molar-refractivity contribution in [3.63, 3.8) is 0 Å². The van der Waals surface area contributed by atoms with Gasteiger partial charge in [0.1, 0.15) is 5.78 Å². The first kappa shape index (κ1) is 10.5. The first-order valence-electron chi connectivity index (χ1n) is 5.32. The molecule has 0 aromatic rings. The van der Waals surface area contributed by atoms with Gasteiger partial charge in [0.2, 0.25) is 0 Å². The summed E-state index contributed by atoms with van der Waals surface area (Å²) in [6.07, 6.45) is 6.39. The van der Waals surface area contributed by atoms with Crippen molar-refractivity contribution in [3.8, 4) is 0 Å². The van der Waals surface area contributed by atoms with Crippen molar-refractivity contribution in [1.82, 2.24) is 0 Å². The summed E-state index contributed by atoms with van der Waals surface area (Å²) in [6, 6.07) is 0. The Balaban J connectivity index is 2.63. The molecule has 2 atom stereocenters. The molecule has 0 aromatic heterocycles. The first-order valence-corrected chi connectivity index (χ1v) is 5.32. The number of rotatable bonds is 2. The fraction of sp³-hybridized carbons (Fsp3) is 0.750. The van der Waals surface area contributed by atoms with Crippen molar-refractivity contribution in [2.45, 2.75) is 46.5 Å². The Labute approximate surface area is 81.2 Å². The predicted octanol–water partition coefficient (Wildman–Crippen LogP) is 3.35. The van der Waals surface area contributed by atoms with E-state index in [0.29, 0.717) is 17.6 Å². The fourth-order valence-corrected chi connectivity index (χ4v) is 2.12. The molecule has 1 fully saturated rings. The van der Waals surface area contributed by atoms with E-state index in [1.165, 1.54) is 12.0 Å². The summed E-state index contributed by atoms with van der Waals surface area (Å²) in [7, 11) is 0. The lowest BCUT2D eigenvalue weighted by molar-refractivity contribution is -0.125. The van der Waals surface area contributed by atoms with Crippen LogP contribution in [0.3, 0.4) is 0 Å². The zero-order chi connectivity index (χ0) is 9.84. The number of Topliss-reactive ketones (excluding diaryl/α,β-unsaturated/α-hetero) is 1. The number of allylic oxidation sites excluding steroid dienone is 2. The molecule has 0 aromatic carbocycles. The third-order valence-corrected chi connectivity index (χ3v) is 3.38. The Bertz CT molecular complexity index is 215. The maximum Gasteiger partial charge on any atom is 0.136 e. The highest BCUT2D eigenvalue weighted by atomic mass is 16.1. The van der Waals surface area contributed by atoms with Crippen LogP contribution in [0.5, 0.6) is 0 Å². The van der Waals surface area contributed by atoms with Crippen LogP contribution in [0.4, 0.5) is 0 Å². The van der Waals surface area contributed by atoms with Gasteiger partial charge in [-0.3, -0.25) is 4.79 Å². The van der Waals surface area contributed by atoms with Crippen LogP contribution in [0.15, 0.2) is 11.6 Å². The van der Waals surface area contributed by atoms with Crippen molar-refractivity contribution >= 4 is 5.78 Å². The SMILES string of the molecule is C/C=C(\C)C(C)C1CCCCC1=O. The molecule has 13 heavy (non-hydrogen) atoms. The molecule has 0 radical (unpaired) electrons. The molecule has 74 valence electrons. The Kier molecular flexibility index (Phi) is 3.71. The molecular weight excluding hydrogens is 160 g/mol. The van der Waals surface area contributed by atoms with Gasteiger partial charge in [0.15, 0.2) is 0 Å². The molecule has 0 N–H and O–H groups in total. The molecule has 0 aliphatic heterocycles. The van der Waals surface area contributed by atoms with E-state index in [2.05, 4.69) is 26.8 Å². The van der Waals surface area contributed by atoms with Gasteiger partial charge in [-0.2, -0.15) is 0 Å². The standard InChI is InChI=1S/C12H20O/c1-4-9(2)10(3)11-7-5-6-8-12(11)13/h4,10-11H,5-8H2,1-3H3/b9-4+. The normalized spacial score (nSPS) is 27.5. The van der Waals surface area contributed by atoms with E-state index in [9.17, 15) is 4.79 Å². The van der Waals surface area contributed by atoms with Crippen LogP contribution in [0.25, 0.3) is 0 Å². The zero-order valence-corrected chi connectivity index (χ0v) is 8.97. The van der Waals surface area contributed by atoms with Crippen molar-refractivity contribution in [2.75, 3.05) is 0 Å². The predicted molar refractivity (Wildman–Crippen MR) is 55.6 cm³/mol. The lowest BCUT2D eigenvalue weighted by Gasteiger charge is -2.26. The summed E-state index contributed by atoms with van der Waals surface area (Å²) >= 11 is 0. The molecule has 1 saturated carbocycles.